The number of nitrogens with zero attached hydrogens (tertiary/aromatic N) is 4. The summed E-state index contributed by atoms with van der Waals surface area (Å²) in [5.74, 6) is 0. The first-order valence-electron chi connectivity index (χ1n) is 8.46. The molecule has 0 bridgehead atoms. The van der Waals surface area contributed by atoms with Crippen LogP contribution in [0.4, 0.5) is 10.5 Å². The number of aryl methyl sites for hydroxylation is 1. The second-order valence-electron chi connectivity index (χ2n) is 6.21. The lowest BCUT2D eigenvalue weighted by Crippen LogP contribution is -2.40. The van der Waals surface area contributed by atoms with Crippen molar-refractivity contribution in [1.82, 2.24) is 19.7 Å². The van der Waals surface area contributed by atoms with E-state index in [0.29, 0.717) is 6.54 Å². The van der Waals surface area contributed by atoms with E-state index in [1.165, 1.54) is 0 Å². The molecule has 0 aliphatic rings. The fraction of sp³-hybridized carbons (Fsp3) is 0.316. The van der Waals surface area contributed by atoms with E-state index >= 15 is 0 Å². The van der Waals surface area contributed by atoms with Crippen molar-refractivity contribution in [2.75, 3.05) is 5.32 Å². The molecule has 6 heteroatoms. The molecule has 0 fully saturated rings. The molecule has 2 heterocycles. The number of urea groups is 1. The number of fused-ring (bicyclic) bond motifs is 1. The van der Waals surface area contributed by atoms with Gasteiger partial charge < -0.3 is 10.2 Å². The maximum Gasteiger partial charge on any atom is 0.322 e. The Hall–Kier alpha value is -2.89. The van der Waals surface area contributed by atoms with Crippen molar-refractivity contribution in [1.29, 1.82) is 0 Å². The monoisotopic (exact) mass is 337 g/mol. The lowest BCUT2D eigenvalue weighted by Gasteiger charge is -2.29. The zero-order valence-corrected chi connectivity index (χ0v) is 14.8. The Balaban J connectivity index is 1.78. The van der Waals surface area contributed by atoms with Crippen LogP contribution in [0.3, 0.4) is 0 Å². The molecule has 0 saturated heterocycles. The third kappa shape index (κ3) is 3.79. The third-order valence-electron chi connectivity index (χ3n) is 4.48. The minimum absolute atomic E-state index is 0.102. The second kappa shape index (κ2) is 7.34. The molecule has 0 aliphatic carbocycles. The molecule has 2 amide bonds. The molecule has 0 aliphatic heterocycles. The molecule has 2 aromatic heterocycles. The largest absolute Gasteiger partial charge is 0.322 e. The van der Waals surface area contributed by atoms with E-state index in [2.05, 4.69) is 29.2 Å². The summed E-state index contributed by atoms with van der Waals surface area (Å²) in [4.78, 5) is 18.7. The summed E-state index contributed by atoms with van der Waals surface area (Å²) in [7, 11) is 1.90. The van der Waals surface area contributed by atoms with Crippen LogP contribution in [0.25, 0.3) is 10.9 Å². The van der Waals surface area contributed by atoms with Gasteiger partial charge in [0.2, 0.25) is 0 Å². The van der Waals surface area contributed by atoms with Crippen LogP contribution in [-0.4, -0.2) is 31.7 Å². The maximum absolute atomic E-state index is 12.8. The standard InChI is InChI=1S/C19H23N5O/c1-4-14(2)24(13-15-7-9-20-10-8-15)19(25)22-17-5-6-18-16(11-17)12-21-23(18)3/h5-12,14H,4,13H2,1-3H3,(H,22,25). The zero-order chi connectivity index (χ0) is 17.8. The van der Waals surface area contributed by atoms with Gasteiger partial charge in [-0.05, 0) is 49.2 Å². The predicted octanol–water partition coefficient (Wildman–Crippen LogP) is 3.80. The van der Waals surface area contributed by atoms with Gasteiger partial charge >= 0.3 is 6.03 Å². The first kappa shape index (κ1) is 17.0. The second-order valence-corrected chi connectivity index (χ2v) is 6.21. The third-order valence-corrected chi connectivity index (χ3v) is 4.48. The Morgan fingerprint density at radius 1 is 1.28 bits per heavy atom. The van der Waals surface area contributed by atoms with Gasteiger partial charge in [-0.2, -0.15) is 5.10 Å². The lowest BCUT2D eigenvalue weighted by atomic mass is 10.2. The van der Waals surface area contributed by atoms with E-state index < -0.39 is 0 Å². The predicted molar refractivity (Wildman–Crippen MR) is 99.3 cm³/mol. The topological polar surface area (TPSA) is 63.1 Å². The summed E-state index contributed by atoms with van der Waals surface area (Å²) in [5.41, 5.74) is 2.87. The van der Waals surface area contributed by atoms with Crippen molar-refractivity contribution < 1.29 is 4.79 Å². The highest BCUT2D eigenvalue weighted by molar-refractivity contribution is 5.92. The lowest BCUT2D eigenvalue weighted by molar-refractivity contribution is 0.187. The van der Waals surface area contributed by atoms with Crippen LogP contribution < -0.4 is 5.32 Å². The summed E-state index contributed by atoms with van der Waals surface area (Å²) >= 11 is 0. The summed E-state index contributed by atoms with van der Waals surface area (Å²) < 4.78 is 1.82. The summed E-state index contributed by atoms with van der Waals surface area (Å²) in [6.07, 6.45) is 6.19. The van der Waals surface area contributed by atoms with Gasteiger partial charge in [-0.25, -0.2) is 4.79 Å². The molecular formula is C19H23N5O. The minimum atomic E-state index is -0.102. The van der Waals surface area contributed by atoms with Gasteiger partial charge in [0.1, 0.15) is 0 Å². The average molecular weight is 337 g/mol. The molecule has 6 nitrogen and oxygen atoms in total. The molecule has 25 heavy (non-hydrogen) atoms. The summed E-state index contributed by atoms with van der Waals surface area (Å²) in [6.45, 7) is 4.70. The first-order valence-corrected chi connectivity index (χ1v) is 8.46. The highest BCUT2D eigenvalue weighted by Gasteiger charge is 2.19. The van der Waals surface area contributed by atoms with Gasteiger partial charge in [-0.3, -0.25) is 9.67 Å². The molecule has 130 valence electrons. The normalized spacial score (nSPS) is 12.1. The van der Waals surface area contributed by atoms with E-state index in [4.69, 9.17) is 0 Å². The van der Waals surface area contributed by atoms with Crippen LogP contribution in [0.1, 0.15) is 25.8 Å². The van der Waals surface area contributed by atoms with Gasteiger partial charge in [-0.1, -0.05) is 6.92 Å². The molecule has 3 rings (SSSR count). The Bertz CT molecular complexity index is 859. The summed E-state index contributed by atoms with van der Waals surface area (Å²) in [6, 6.07) is 9.72. The minimum Gasteiger partial charge on any atom is -0.318 e. The zero-order valence-electron chi connectivity index (χ0n) is 14.8. The van der Waals surface area contributed by atoms with Crippen molar-refractivity contribution in [2.45, 2.75) is 32.9 Å². The van der Waals surface area contributed by atoms with E-state index in [-0.39, 0.29) is 12.1 Å². The molecule has 1 atom stereocenters. The van der Waals surface area contributed by atoms with Crippen LogP contribution in [0.15, 0.2) is 48.9 Å². The SMILES string of the molecule is CCC(C)N(Cc1ccncc1)C(=O)Nc1ccc2c(cnn2C)c1. The quantitative estimate of drug-likeness (QED) is 0.770. The summed E-state index contributed by atoms with van der Waals surface area (Å²) in [5, 5.41) is 8.25. The fourth-order valence-electron chi connectivity index (χ4n) is 2.77. The van der Waals surface area contributed by atoms with Crippen LogP contribution in [0, 0.1) is 0 Å². The van der Waals surface area contributed by atoms with Gasteiger partial charge in [0.15, 0.2) is 0 Å². The number of rotatable bonds is 5. The van der Waals surface area contributed by atoms with Crippen molar-refractivity contribution >= 4 is 22.6 Å². The molecule has 3 aromatic rings. The van der Waals surface area contributed by atoms with Crippen molar-refractivity contribution in [3.05, 3.63) is 54.5 Å². The van der Waals surface area contributed by atoms with Gasteiger partial charge in [0.05, 0.1) is 11.7 Å². The number of carbonyl (C=O) groups is 1. The van der Waals surface area contributed by atoms with Crippen LogP contribution in [0.5, 0.6) is 0 Å². The van der Waals surface area contributed by atoms with Crippen molar-refractivity contribution in [3.63, 3.8) is 0 Å². The van der Waals surface area contributed by atoms with Gasteiger partial charge in [0, 0.05) is 43.1 Å². The van der Waals surface area contributed by atoms with Crippen molar-refractivity contribution in [2.24, 2.45) is 7.05 Å². The van der Waals surface area contributed by atoms with Gasteiger partial charge in [-0.15, -0.1) is 0 Å². The Morgan fingerprint density at radius 3 is 2.76 bits per heavy atom. The van der Waals surface area contributed by atoms with E-state index in [1.54, 1.807) is 18.6 Å². The van der Waals surface area contributed by atoms with E-state index in [0.717, 1.165) is 28.6 Å². The Labute approximate surface area is 147 Å². The molecule has 1 N–H and O–H groups in total. The Kier molecular flexibility index (Phi) is 4.97. The molecule has 0 radical (unpaired) electrons. The smallest absolute Gasteiger partial charge is 0.318 e. The molecular weight excluding hydrogens is 314 g/mol. The van der Waals surface area contributed by atoms with E-state index in [1.807, 2.05) is 47.0 Å². The molecule has 1 aromatic carbocycles. The van der Waals surface area contributed by atoms with Gasteiger partial charge in [0.25, 0.3) is 0 Å². The number of pyridine rings is 1. The first-order chi connectivity index (χ1) is 12.1. The number of hydrogen-bond acceptors (Lipinski definition) is 3. The average Bonchev–Trinajstić information content (AvgIpc) is 3.00. The number of amides is 2. The number of nitrogens with one attached hydrogen (secondary N) is 1. The highest BCUT2D eigenvalue weighted by Crippen LogP contribution is 2.20. The van der Waals surface area contributed by atoms with Crippen molar-refractivity contribution in [3.8, 4) is 0 Å². The number of carbonyl (C=O) groups excluding carboxylic acids is 1. The number of anilines is 1. The maximum atomic E-state index is 12.8. The molecule has 1 unspecified atom stereocenters. The van der Waals surface area contributed by atoms with Crippen LogP contribution in [-0.2, 0) is 13.6 Å². The van der Waals surface area contributed by atoms with Crippen LogP contribution >= 0.6 is 0 Å². The number of benzene rings is 1. The van der Waals surface area contributed by atoms with Crippen LogP contribution in [0.2, 0.25) is 0 Å². The number of hydrogen-bond donors (Lipinski definition) is 1. The fourth-order valence-corrected chi connectivity index (χ4v) is 2.77. The highest BCUT2D eigenvalue weighted by atomic mass is 16.2. The molecule has 0 spiro atoms. The Morgan fingerprint density at radius 2 is 2.04 bits per heavy atom. The molecule has 0 saturated carbocycles. The number of aromatic nitrogens is 3. The van der Waals surface area contributed by atoms with E-state index in [9.17, 15) is 4.79 Å².